The van der Waals surface area contributed by atoms with E-state index in [0.717, 1.165) is 54.8 Å². The molecule has 6 heteroatoms. The van der Waals surface area contributed by atoms with Crippen LogP contribution < -0.4 is 10.5 Å². The normalized spacial score (nSPS) is 34.8. The molecule has 0 amide bonds. The minimum Gasteiger partial charge on any atom is -0.430 e. The Bertz CT molecular complexity index is 1120. The maximum atomic E-state index is 12.6. The molecule has 3 fully saturated rings. The maximum absolute atomic E-state index is 12.6. The lowest BCUT2D eigenvalue weighted by Gasteiger charge is -2.58. The molecule has 0 aliphatic heterocycles. The van der Waals surface area contributed by atoms with E-state index in [9.17, 15) is 4.79 Å². The standard InChI is InChI=1S/C35H52N2O3.ClH/c1-22(2)7-6-8-23(3)29-15-16-30-28-14-11-25-21-27(17-19-34(25,4)31(28)18-20-35(29,30)5)40-33(38)39-26-12-9-24(10-13-26)32(36)37;/h9-13,22-23,27-31H,6-8,14-21H2,1-5H3,(H3,36,37);1H/t23?,27-,28-,29+,30-,31-,34-,35+;/m0./s1. The van der Waals surface area contributed by atoms with Crippen LogP contribution in [0.4, 0.5) is 4.79 Å². The van der Waals surface area contributed by atoms with Crippen LogP contribution >= 0.6 is 12.4 Å². The number of allylic oxidation sites excluding steroid dienone is 1. The Kier molecular flexibility index (Phi) is 9.88. The van der Waals surface area contributed by atoms with Crippen LogP contribution in [0, 0.1) is 51.7 Å². The van der Waals surface area contributed by atoms with Crippen molar-refractivity contribution in [2.24, 2.45) is 52.1 Å². The fraction of sp³-hybridized carbons (Fsp3) is 0.714. The Hall–Kier alpha value is -2.01. The summed E-state index contributed by atoms with van der Waals surface area (Å²) < 4.78 is 11.2. The predicted octanol–water partition coefficient (Wildman–Crippen LogP) is 9.32. The summed E-state index contributed by atoms with van der Waals surface area (Å²) in [6.07, 6.45) is 15.5. The van der Waals surface area contributed by atoms with Crippen molar-refractivity contribution in [2.75, 3.05) is 0 Å². The minimum atomic E-state index is -0.647. The fourth-order valence-electron chi connectivity index (χ4n) is 9.71. The van der Waals surface area contributed by atoms with Gasteiger partial charge in [0.05, 0.1) is 0 Å². The third-order valence-corrected chi connectivity index (χ3v) is 11.9. The third-order valence-electron chi connectivity index (χ3n) is 11.9. The number of nitrogen functional groups attached to an aromatic ring is 1. The quantitative estimate of drug-likeness (QED) is 0.105. The summed E-state index contributed by atoms with van der Waals surface area (Å²) in [5, 5.41) is 7.51. The number of nitrogens with one attached hydrogen (secondary N) is 1. The van der Waals surface area contributed by atoms with E-state index >= 15 is 0 Å². The lowest BCUT2D eigenvalue weighted by Crippen LogP contribution is -2.51. The Morgan fingerprint density at radius 2 is 1.76 bits per heavy atom. The van der Waals surface area contributed by atoms with Crippen molar-refractivity contribution in [3.8, 4) is 5.75 Å². The Morgan fingerprint density at radius 1 is 1.02 bits per heavy atom. The van der Waals surface area contributed by atoms with Crippen LogP contribution in [0.3, 0.4) is 0 Å². The summed E-state index contributed by atoms with van der Waals surface area (Å²) in [5.74, 6) is 5.36. The van der Waals surface area contributed by atoms with E-state index < -0.39 is 6.16 Å². The summed E-state index contributed by atoms with van der Waals surface area (Å²) in [7, 11) is 0. The Morgan fingerprint density at radius 3 is 2.44 bits per heavy atom. The van der Waals surface area contributed by atoms with Crippen molar-refractivity contribution < 1.29 is 14.3 Å². The highest BCUT2D eigenvalue weighted by Gasteiger charge is 2.59. The van der Waals surface area contributed by atoms with Crippen molar-refractivity contribution in [1.29, 1.82) is 5.41 Å². The lowest BCUT2D eigenvalue weighted by atomic mass is 9.47. The molecular weight excluding hydrogens is 532 g/mol. The number of halogens is 1. The first-order valence-electron chi connectivity index (χ1n) is 16.0. The molecule has 41 heavy (non-hydrogen) atoms. The van der Waals surface area contributed by atoms with Crippen LogP contribution in [-0.4, -0.2) is 18.1 Å². The minimum absolute atomic E-state index is 0. The summed E-state index contributed by atoms with van der Waals surface area (Å²) >= 11 is 0. The monoisotopic (exact) mass is 584 g/mol. The molecule has 4 aliphatic carbocycles. The van der Waals surface area contributed by atoms with Gasteiger partial charge in [0.15, 0.2) is 0 Å². The third kappa shape index (κ3) is 6.36. The number of carbonyl (C=O) groups excluding carboxylic acids is 1. The topological polar surface area (TPSA) is 85.4 Å². The second-order valence-corrected chi connectivity index (χ2v) is 14.6. The lowest BCUT2D eigenvalue weighted by molar-refractivity contribution is -0.0597. The SMILES string of the molecule is CC(C)CCCC(C)[C@H]1CC[C@H]2[C@@H]3CC=C4C[C@@H](OC(=O)Oc5ccc(C(=N)N)cc5)CC[C@]4(C)[C@H]3CC[C@]12C.Cl. The van der Waals surface area contributed by atoms with Gasteiger partial charge in [-0.1, -0.05) is 65.5 Å². The molecule has 1 aromatic carbocycles. The molecule has 5 nitrogen and oxygen atoms in total. The molecule has 1 unspecified atom stereocenters. The Balaban J connectivity index is 0.00000387. The van der Waals surface area contributed by atoms with E-state index in [1.54, 1.807) is 24.3 Å². The number of hydrogen-bond acceptors (Lipinski definition) is 4. The van der Waals surface area contributed by atoms with Crippen molar-refractivity contribution in [1.82, 2.24) is 0 Å². The molecular formula is C35H53ClN2O3. The van der Waals surface area contributed by atoms with Gasteiger partial charge < -0.3 is 15.2 Å². The van der Waals surface area contributed by atoms with Gasteiger partial charge in [-0.2, -0.15) is 0 Å². The molecule has 228 valence electrons. The highest BCUT2D eigenvalue weighted by molar-refractivity contribution is 5.95. The van der Waals surface area contributed by atoms with E-state index in [2.05, 4.69) is 40.7 Å². The molecule has 4 aliphatic rings. The zero-order valence-electron chi connectivity index (χ0n) is 25.9. The highest BCUT2D eigenvalue weighted by Crippen LogP contribution is 2.67. The van der Waals surface area contributed by atoms with Crippen molar-refractivity contribution in [2.45, 2.75) is 111 Å². The van der Waals surface area contributed by atoms with Crippen LogP contribution in [0.5, 0.6) is 5.75 Å². The molecule has 1 aromatic rings. The summed E-state index contributed by atoms with van der Waals surface area (Å²) in [4.78, 5) is 12.6. The molecule has 0 radical (unpaired) electrons. The van der Waals surface area contributed by atoms with E-state index in [0.29, 0.717) is 16.7 Å². The first kappa shape index (κ1) is 31.9. The fourth-order valence-corrected chi connectivity index (χ4v) is 9.71. The van der Waals surface area contributed by atoms with E-state index in [-0.39, 0.29) is 29.8 Å². The smallest absolute Gasteiger partial charge is 0.430 e. The number of hydrogen-bond donors (Lipinski definition) is 2. The molecule has 0 aromatic heterocycles. The first-order chi connectivity index (χ1) is 19.0. The average molecular weight is 585 g/mol. The van der Waals surface area contributed by atoms with Crippen molar-refractivity contribution in [3.63, 3.8) is 0 Å². The molecule has 3 N–H and O–H groups in total. The van der Waals surface area contributed by atoms with E-state index in [1.807, 2.05) is 0 Å². The second kappa shape index (κ2) is 12.7. The van der Waals surface area contributed by atoms with Gasteiger partial charge in [-0.3, -0.25) is 5.41 Å². The summed E-state index contributed by atoms with van der Waals surface area (Å²) in [5.41, 5.74) is 8.37. The number of benzene rings is 1. The molecule has 0 saturated heterocycles. The van der Waals surface area contributed by atoms with Gasteiger partial charge >= 0.3 is 6.16 Å². The largest absolute Gasteiger partial charge is 0.514 e. The van der Waals surface area contributed by atoms with Gasteiger partial charge in [0, 0.05) is 12.0 Å². The van der Waals surface area contributed by atoms with Crippen molar-refractivity contribution >= 4 is 24.4 Å². The van der Waals surface area contributed by atoms with Crippen LogP contribution in [0.15, 0.2) is 35.9 Å². The second-order valence-electron chi connectivity index (χ2n) is 14.6. The molecule has 8 atom stereocenters. The zero-order chi connectivity index (χ0) is 28.7. The van der Waals surface area contributed by atoms with Crippen molar-refractivity contribution in [3.05, 3.63) is 41.5 Å². The first-order valence-corrected chi connectivity index (χ1v) is 16.0. The molecule has 3 saturated carbocycles. The highest BCUT2D eigenvalue weighted by atomic mass is 35.5. The number of fused-ring (bicyclic) bond motifs is 5. The summed E-state index contributed by atoms with van der Waals surface area (Å²) in [6, 6.07) is 6.65. The zero-order valence-corrected chi connectivity index (χ0v) is 26.7. The average Bonchev–Trinajstić information content (AvgIpc) is 3.26. The number of nitrogens with two attached hydrogens (primary N) is 1. The van der Waals surface area contributed by atoms with Gasteiger partial charge in [-0.15, -0.1) is 12.4 Å². The molecule has 0 heterocycles. The predicted molar refractivity (Wildman–Crippen MR) is 169 cm³/mol. The van der Waals surface area contributed by atoms with Gasteiger partial charge in [0.25, 0.3) is 0 Å². The van der Waals surface area contributed by atoms with Crippen LogP contribution in [-0.2, 0) is 4.74 Å². The molecule has 0 bridgehead atoms. The van der Waals surface area contributed by atoms with Gasteiger partial charge in [0.2, 0.25) is 0 Å². The van der Waals surface area contributed by atoms with Crippen LogP contribution in [0.25, 0.3) is 0 Å². The number of rotatable bonds is 8. The van der Waals surface area contributed by atoms with Crippen LogP contribution in [0.2, 0.25) is 0 Å². The van der Waals surface area contributed by atoms with Crippen LogP contribution in [0.1, 0.15) is 111 Å². The number of amidine groups is 1. The van der Waals surface area contributed by atoms with Gasteiger partial charge in [0.1, 0.15) is 17.7 Å². The molecule has 0 spiro atoms. The Labute approximate surface area is 254 Å². The van der Waals surface area contributed by atoms with E-state index in [1.165, 1.54) is 56.9 Å². The van der Waals surface area contributed by atoms with E-state index in [4.69, 9.17) is 20.6 Å². The van der Waals surface area contributed by atoms with Gasteiger partial charge in [-0.05, 0) is 116 Å². The molecule has 5 rings (SSSR count). The summed E-state index contributed by atoms with van der Waals surface area (Å²) in [6.45, 7) is 12.4. The van der Waals surface area contributed by atoms with Gasteiger partial charge in [-0.25, -0.2) is 4.79 Å². The number of ether oxygens (including phenoxy) is 2. The number of carbonyl (C=O) groups is 1. The maximum Gasteiger partial charge on any atom is 0.514 e.